The number of halogens is 3. The fourth-order valence-electron chi connectivity index (χ4n) is 2.34. The Morgan fingerprint density at radius 3 is 2.60 bits per heavy atom. The summed E-state index contributed by atoms with van der Waals surface area (Å²) in [5.74, 6) is -1.22. The summed E-state index contributed by atoms with van der Waals surface area (Å²) >= 11 is 0. The van der Waals surface area contributed by atoms with Gasteiger partial charge in [-0.15, -0.1) is 0 Å². The lowest BCUT2D eigenvalue weighted by Crippen LogP contribution is -2.28. The number of rotatable bonds is 5. The van der Waals surface area contributed by atoms with Crippen molar-refractivity contribution in [3.8, 4) is 0 Å². The van der Waals surface area contributed by atoms with Gasteiger partial charge in [0.15, 0.2) is 11.7 Å². The summed E-state index contributed by atoms with van der Waals surface area (Å²) in [4.78, 5) is 22.5. The first-order valence-electron chi connectivity index (χ1n) is 7.19. The van der Waals surface area contributed by atoms with Gasteiger partial charge in [-0.2, -0.15) is 23.0 Å². The molecule has 0 bridgehead atoms. The lowest BCUT2D eigenvalue weighted by atomic mass is 10.2. The second kappa shape index (κ2) is 6.53. The van der Waals surface area contributed by atoms with Crippen LogP contribution in [0.4, 0.5) is 24.7 Å². The van der Waals surface area contributed by atoms with Crippen molar-refractivity contribution >= 4 is 17.4 Å². The van der Waals surface area contributed by atoms with Crippen LogP contribution in [-0.2, 0) is 11.0 Å². The number of H-pyrrole nitrogens is 1. The molecule has 2 N–H and O–H groups in total. The van der Waals surface area contributed by atoms with E-state index in [0.717, 1.165) is 4.68 Å². The first kappa shape index (κ1) is 18.4. The molecule has 0 saturated carbocycles. The Hall–Kier alpha value is -2.92. The molecule has 2 heterocycles. The average molecular weight is 360 g/mol. The van der Waals surface area contributed by atoms with Crippen LogP contribution in [0.15, 0.2) is 6.07 Å². The number of amides is 1. The standard InChI is InChI=1S/C13H15F3N6O3/c1-4-8(21-6(2)5-9(20-21)22(24)25)12(23)17-10-7(3)18-19-11(10)13(14,15)16/h5,8H,4H2,1-3H3,(H,17,23)(H,18,19). The van der Waals surface area contributed by atoms with E-state index in [1.165, 1.54) is 19.9 Å². The smallest absolute Gasteiger partial charge is 0.358 e. The van der Waals surface area contributed by atoms with Crippen LogP contribution in [0.25, 0.3) is 0 Å². The zero-order chi connectivity index (χ0) is 18.9. The Labute approximate surface area is 139 Å². The molecule has 25 heavy (non-hydrogen) atoms. The van der Waals surface area contributed by atoms with E-state index in [0.29, 0.717) is 5.69 Å². The van der Waals surface area contributed by atoms with Crippen LogP contribution in [-0.4, -0.2) is 30.8 Å². The number of aryl methyl sites for hydroxylation is 2. The van der Waals surface area contributed by atoms with Gasteiger partial charge in [0.25, 0.3) is 5.91 Å². The molecular formula is C13H15F3N6O3. The number of carbonyl (C=O) groups is 1. The van der Waals surface area contributed by atoms with E-state index < -0.39 is 40.2 Å². The highest BCUT2D eigenvalue weighted by Gasteiger charge is 2.39. The van der Waals surface area contributed by atoms with Crippen LogP contribution in [0.2, 0.25) is 0 Å². The maximum Gasteiger partial charge on any atom is 0.437 e. The van der Waals surface area contributed by atoms with Crippen molar-refractivity contribution in [2.75, 3.05) is 5.32 Å². The van der Waals surface area contributed by atoms with Gasteiger partial charge >= 0.3 is 12.0 Å². The Morgan fingerprint density at radius 1 is 1.48 bits per heavy atom. The zero-order valence-electron chi connectivity index (χ0n) is 13.5. The summed E-state index contributed by atoms with van der Waals surface area (Å²) in [6.45, 7) is 4.47. The number of anilines is 1. The molecule has 12 heteroatoms. The monoisotopic (exact) mass is 360 g/mol. The average Bonchev–Trinajstić information content (AvgIpc) is 3.04. The molecule has 0 fully saturated rings. The van der Waals surface area contributed by atoms with Gasteiger partial charge in [-0.05, 0) is 25.2 Å². The lowest BCUT2D eigenvalue weighted by Gasteiger charge is -2.15. The van der Waals surface area contributed by atoms with Crippen LogP contribution in [0.3, 0.4) is 0 Å². The van der Waals surface area contributed by atoms with E-state index in [1.54, 1.807) is 6.92 Å². The topological polar surface area (TPSA) is 119 Å². The summed E-state index contributed by atoms with van der Waals surface area (Å²) in [5, 5.41) is 22.1. The quantitative estimate of drug-likeness (QED) is 0.628. The van der Waals surface area contributed by atoms with Crippen molar-refractivity contribution < 1.29 is 22.9 Å². The Balaban J connectivity index is 2.34. The second-order valence-corrected chi connectivity index (χ2v) is 5.33. The molecule has 0 spiro atoms. The number of hydrogen-bond donors (Lipinski definition) is 2. The molecule has 0 aliphatic rings. The fraction of sp³-hybridized carbons (Fsp3) is 0.462. The van der Waals surface area contributed by atoms with Crippen molar-refractivity contribution in [3.05, 3.63) is 33.3 Å². The zero-order valence-corrected chi connectivity index (χ0v) is 13.5. The number of nitrogens with one attached hydrogen (secondary N) is 2. The van der Waals surface area contributed by atoms with E-state index in [2.05, 4.69) is 20.6 Å². The molecule has 0 radical (unpaired) electrons. The van der Waals surface area contributed by atoms with Crippen LogP contribution >= 0.6 is 0 Å². The predicted octanol–water partition coefficient (Wildman–Crippen LogP) is 2.74. The number of aromatic nitrogens is 4. The van der Waals surface area contributed by atoms with E-state index in [1.807, 2.05) is 0 Å². The third-order valence-corrected chi connectivity index (χ3v) is 3.55. The first-order chi connectivity index (χ1) is 11.6. The third kappa shape index (κ3) is 3.61. The SMILES string of the molecule is CCC(C(=O)Nc1c(C(F)(F)F)n[nH]c1C)n1nc([N+](=O)[O-])cc1C. The molecule has 1 atom stereocenters. The van der Waals surface area contributed by atoms with Crippen molar-refractivity contribution in [1.29, 1.82) is 0 Å². The molecule has 9 nitrogen and oxygen atoms in total. The van der Waals surface area contributed by atoms with Crippen LogP contribution in [0, 0.1) is 24.0 Å². The number of aromatic amines is 1. The number of nitrogens with zero attached hydrogens (tertiary/aromatic N) is 4. The van der Waals surface area contributed by atoms with Gasteiger partial charge in [0.1, 0.15) is 0 Å². The van der Waals surface area contributed by atoms with E-state index in [4.69, 9.17) is 0 Å². The molecule has 136 valence electrons. The lowest BCUT2D eigenvalue weighted by molar-refractivity contribution is -0.389. The molecule has 2 aromatic heterocycles. The molecule has 0 aliphatic heterocycles. The van der Waals surface area contributed by atoms with Crippen molar-refractivity contribution in [3.63, 3.8) is 0 Å². The van der Waals surface area contributed by atoms with Gasteiger partial charge in [-0.1, -0.05) is 6.92 Å². The number of carbonyl (C=O) groups excluding carboxylic acids is 1. The molecule has 0 aromatic carbocycles. The molecule has 1 amide bonds. The van der Waals surface area contributed by atoms with Gasteiger partial charge < -0.3 is 15.4 Å². The molecule has 0 aliphatic carbocycles. The van der Waals surface area contributed by atoms with Crippen LogP contribution in [0.5, 0.6) is 0 Å². The highest BCUT2D eigenvalue weighted by atomic mass is 19.4. The summed E-state index contributed by atoms with van der Waals surface area (Å²) in [6.07, 6.45) is -4.57. The Morgan fingerprint density at radius 2 is 2.12 bits per heavy atom. The minimum absolute atomic E-state index is 0.0405. The molecule has 2 aromatic rings. The minimum atomic E-state index is -4.74. The second-order valence-electron chi connectivity index (χ2n) is 5.33. The van der Waals surface area contributed by atoms with Gasteiger partial charge in [0.05, 0.1) is 28.2 Å². The summed E-state index contributed by atoms with van der Waals surface area (Å²) in [6, 6.07) is 0.171. The van der Waals surface area contributed by atoms with Crippen molar-refractivity contribution in [2.24, 2.45) is 0 Å². The number of nitro groups is 1. The van der Waals surface area contributed by atoms with Gasteiger partial charge in [0, 0.05) is 0 Å². The Kier molecular flexibility index (Phi) is 4.81. The molecule has 1 unspecified atom stereocenters. The van der Waals surface area contributed by atoms with E-state index in [9.17, 15) is 28.1 Å². The Bertz CT molecular complexity index is 811. The third-order valence-electron chi connectivity index (χ3n) is 3.55. The maximum atomic E-state index is 12.9. The highest BCUT2D eigenvalue weighted by molar-refractivity contribution is 5.94. The largest absolute Gasteiger partial charge is 0.437 e. The van der Waals surface area contributed by atoms with Gasteiger partial charge in [-0.25, -0.2) is 0 Å². The van der Waals surface area contributed by atoms with Crippen LogP contribution < -0.4 is 5.32 Å². The fourth-order valence-corrected chi connectivity index (χ4v) is 2.34. The first-order valence-corrected chi connectivity index (χ1v) is 7.19. The maximum absolute atomic E-state index is 12.9. The number of hydrogen-bond acceptors (Lipinski definition) is 5. The predicted molar refractivity (Wildman–Crippen MR) is 79.9 cm³/mol. The molecular weight excluding hydrogens is 345 g/mol. The summed E-state index contributed by atoms with van der Waals surface area (Å²) in [7, 11) is 0. The summed E-state index contributed by atoms with van der Waals surface area (Å²) in [5.41, 5.74) is -1.33. The minimum Gasteiger partial charge on any atom is -0.358 e. The van der Waals surface area contributed by atoms with E-state index >= 15 is 0 Å². The van der Waals surface area contributed by atoms with Gasteiger partial charge in [0.2, 0.25) is 0 Å². The molecule has 0 saturated heterocycles. The number of alkyl halides is 3. The summed E-state index contributed by atoms with van der Waals surface area (Å²) < 4.78 is 40.0. The van der Waals surface area contributed by atoms with Gasteiger partial charge in [-0.3, -0.25) is 9.89 Å². The normalized spacial score (nSPS) is 12.9. The van der Waals surface area contributed by atoms with E-state index in [-0.39, 0.29) is 12.1 Å². The van der Waals surface area contributed by atoms with Crippen molar-refractivity contribution in [2.45, 2.75) is 39.4 Å². The molecule has 2 rings (SSSR count). The highest BCUT2D eigenvalue weighted by Crippen LogP contribution is 2.35. The van der Waals surface area contributed by atoms with Crippen LogP contribution in [0.1, 0.15) is 36.5 Å². The van der Waals surface area contributed by atoms with Crippen molar-refractivity contribution in [1.82, 2.24) is 20.0 Å².